The molecule has 0 aliphatic heterocycles. The zero-order valence-electron chi connectivity index (χ0n) is 7.84. The summed E-state index contributed by atoms with van der Waals surface area (Å²) in [5.74, 6) is -0.731. The first-order chi connectivity index (χ1) is 5.04. The summed E-state index contributed by atoms with van der Waals surface area (Å²) >= 11 is 0. The van der Waals surface area contributed by atoms with Crippen molar-refractivity contribution in [2.45, 2.75) is 39.5 Å². The summed E-state index contributed by atoms with van der Waals surface area (Å²) in [6.07, 6.45) is 4.20. The van der Waals surface area contributed by atoms with Gasteiger partial charge in [0.15, 0.2) is 0 Å². The van der Waals surface area contributed by atoms with Crippen molar-refractivity contribution in [3.05, 3.63) is 0 Å². The molecule has 3 heteroatoms. The minimum atomic E-state index is -0.616. The molecule has 12 heavy (non-hydrogen) atoms. The van der Waals surface area contributed by atoms with Gasteiger partial charge in [0.2, 0.25) is 0 Å². The number of aliphatic carboxylic acids is 1. The van der Waals surface area contributed by atoms with E-state index in [9.17, 15) is 4.79 Å². The molecule has 67 valence electrons. The molecule has 2 nitrogen and oxygen atoms in total. The second-order valence-corrected chi connectivity index (χ2v) is 4.13. The summed E-state index contributed by atoms with van der Waals surface area (Å²) in [4.78, 5) is 10.8. The fraction of sp³-hybridized carbons (Fsp3) is 0.889. The Morgan fingerprint density at radius 2 is 2.00 bits per heavy atom. The number of rotatable bonds is 1. The van der Waals surface area contributed by atoms with E-state index in [0.717, 1.165) is 19.3 Å². The van der Waals surface area contributed by atoms with Gasteiger partial charge in [0, 0.05) is 25.8 Å². The average Bonchev–Trinajstić information content (AvgIpc) is 1.85. The van der Waals surface area contributed by atoms with Crippen LogP contribution in [0, 0.1) is 11.3 Å². The van der Waals surface area contributed by atoms with E-state index in [1.807, 2.05) is 0 Å². The molecule has 1 aliphatic rings. The van der Waals surface area contributed by atoms with Gasteiger partial charge in [0.25, 0.3) is 0 Å². The van der Waals surface area contributed by atoms with Crippen LogP contribution in [0.4, 0.5) is 0 Å². The molecule has 1 atom stereocenters. The fourth-order valence-electron chi connectivity index (χ4n) is 1.95. The zero-order valence-corrected chi connectivity index (χ0v) is 11.1. The molecule has 0 spiro atoms. The molecule has 0 aromatic carbocycles. The topological polar surface area (TPSA) is 37.3 Å². The van der Waals surface area contributed by atoms with Gasteiger partial charge in [-0.3, -0.25) is 4.79 Å². The van der Waals surface area contributed by atoms with Gasteiger partial charge in [-0.25, -0.2) is 0 Å². The monoisotopic (exact) mass is 271 g/mol. The quantitative estimate of drug-likeness (QED) is 0.791. The molecule has 1 aliphatic carbocycles. The predicted octanol–water partition coefficient (Wildman–Crippen LogP) is 1.91. The summed E-state index contributed by atoms with van der Waals surface area (Å²) in [7, 11) is 0. The smallest absolute Gasteiger partial charge is 0.307 e. The third kappa shape index (κ3) is 2.68. The Hall–Kier alpha value is 0.340. The molecular formula is C9H16InO2. The second-order valence-electron chi connectivity index (χ2n) is 4.13. The van der Waals surface area contributed by atoms with Gasteiger partial charge in [-0.2, -0.15) is 0 Å². The van der Waals surface area contributed by atoms with Crippen LogP contribution in [0.2, 0.25) is 0 Å². The molecular weight excluding hydrogens is 255 g/mol. The van der Waals surface area contributed by atoms with E-state index < -0.39 is 5.97 Å². The summed E-state index contributed by atoms with van der Waals surface area (Å²) in [6.45, 7) is 4.12. The van der Waals surface area contributed by atoms with Crippen LogP contribution in [0.1, 0.15) is 39.5 Å². The predicted molar refractivity (Wildman–Crippen MR) is 49.1 cm³/mol. The van der Waals surface area contributed by atoms with Crippen molar-refractivity contribution in [2.75, 3.05) is 0 Å². The Balaban J connectivity index is 0.00000121. The van der Waals surface area contributed by atoms with E-state index >= 15 is 0 Å². The Morgan fingerprint density at radius 1 is 1.42 bits per heavy atom. The maximum atomic E-state index is 10.8. The first-order valence-corrected chi connectivity index (χ1v) is 4.27. The van der Waals surface area contributed by atoms with E-state index in [4.69, 9.17) is 5.11 Å². The largest absolute Gasteiger partial charge is 0.481 e. The van der Waals surface area contributed by atoms with Crippen LogP contribution in [0.5, 0.6) is 0 Å². The molecule has 1 unspecified atom stereocenters. The molecule has 1 N–H and O–H groups in total. The molecule has 3 radical (unpaired) electrons. The number of carbonyl (C=O) groups is 1. The van der Waals surface area contributed by atoms with Gasteiger partial charge in [-0.05, 0) is 18.3 Å². The van der Waals surface area contributed by atoms with Crippen molar-refractivity contribution in [3.63, 3.8) is 0 Å². The number of hydrogen-bond acceptors (Lipinski definition) is 1. The maximum absolute atomic E-state index is 10.8. The van der Waals surface area contributed by atoms with Crippen LogP contribution in [-0.4, -0.2) is 36.9 Å². The summed E-state index contributed by atoms with van der Waals surface area (Å²) in [6, 6.07) is 0. The van der Waals surface area contributed by atoms with Crippen LogP contribution < -0.4 is 0 Å². The van der Waals surface area contributed by atoms with Crippen LogP contribution in [-0.2, 0) is 4.79 Å². The van der Waals surface area contributed by atoms with E-state index in [1.165, 1.54) is 6.42 Å². The SMILES string of the molecule is CC1(C)CCCCC1C(=O)O.[In]. The van der Waals surface area contributed by atoms with Crippen LogP contribution >= 0.6 is 0 Å². The van der Waals surface area contributed by atoms with Crippen molar-refractivity contribution in [1.29, 1.82) is 0 Å². The normalized spacial score (nSPS) is 27.3. The molecule has 1 saturated carbocycles. The van der Waals surface area contributed by atoms with Crippen LogP contribution in [0.3, 0.4) is 0 Å². The summed E-state index contributed by atoms with van der Waals surface area (Å²) < 4.78 is 0. The zero-order chi connectivity index (χ0) is 8.48. The van der Waals surface area contributed by atoms with Crippen LogP contribution in [0.15, 0.2) is 0 Å². The van der Waals surface area contributed by atoms with Crippen molar-refractivity contribution >= 4 is 31.8 Å². The number of hydrogen-bond donors (Lipinski definition) is 1. The second kappa shape index (κ2) is 4.54. The molecule has 0 bridgehead atoms. The van der Waals surface area contributed by atoms with Gasteiger partial charge in [0.05, 0.1) is 5.92 Å². The maximum Gasteiger partial charge on any atom is 0.307 e. The van der Waals surface area contributed by atoms with Gasteiger partial charge < -0.3 is 5.11 Å². The van der Waals surface area contributed by atoms with Gasteiger partial charge >= 0.3 is 5.97 Å². The van der Waals surface area contributed by atoms with Crippen molar-refractivity contribution in [3.8, 4) is 0 Å². The molecule has 1 rings (SSSR count). The van der Waals surface area contributed by atoms with Gasteiger partial charge in [-0.1, -0.05) is 26.7 Å². The van der Waals surface area contributed by atoms with Gasteiger partial charge in [-0.15, -0.1) is 0 Å². The van der Waals surface area contributed by atoms with E-state index in [0.29, 0.717) is 0 Å². The minimum Gasteiger partial charge on any atom is -0.481 e. The first-order valence-electron chi connectivity index (χ1n) is 4.27. The van der Waals surface area contributed by atoms with E-state index in [2.05, 4.69) is 13.8 Å². The molecule has 0 aromatic rings. The standard InChI is InChI=1S/C9H16O2.In/c1-9(2)6-4-3-5-7(9)8(10)11;/h7H,3-6H2,1-2H3,(H,10,11);. The molecule has 0 saturated heterocycles. The van der Waals surface area contributed by atoms with Crippen molar-refractivity contribution in [1.82, 2.24) is 0 Å². The Labute approximate surface area is 92.5 Å². The Kier molecular flexibility index (Phi) is 4.67. The molecule has 0 heterocycles. The van der Waals surface area contributed by atoms with E-state index in [-0.39, 0.29) is 37.2 Å². The molecule has 1 fully saturated rings. The minimum absolute atomic E-state index is 0. The summed E-state index contributed by atoms with van der Waals surface area (Å²) in [5, 5.41) is 8.87. The molecule has 0 aromatic heterocycles. The Morgan fingerprint density at radius 3 is 2.33 bits per heavy atom. The van der Waals surface area contributed by atoms with Crippen LogP contribution in [0.25, 0.3) is 0 Å². The van der Waals surface area contributed by atoms with Gasteiger partial charge in [0.1, 0.15) is 0 Å². The summed E-state index contributed by atoms with van der Waals surface area (Å²) in [5.41, 5.74) is 0.0179. The Bertz CT molecular complexity index is 166. The number of carboxylic acids is 1. The first kappa shape index (κ1) is 12.3. The fourth-order valence-corrected chi connectivity index (χ4v) is 1.95. The third-order valence-corrected chi connectivity index (χ3v) is 2.81. The molecule has 0 amide bonds. The third-order valence-electron chi connectivity index (χ3n) is 2.81. The average molecular weight is 271 g/mol. The number of carboxylic acid groups (broad SMARTS) is 1. The van der Waals surface area contributed by atoms with Crippen molar-refractivity contribution in [2.24, 2.45) is 11.3 Å². The van der Waals surface area contributed by atoms with E-state index in [1.54, 1.807) is 0 Å². The van der Waals surface area contributed by atoms with Crippen molar-refractivity contribution < 1.29 is 9.90 Å².